The van der Waals surface area contributed by atoms with Gasteiger partial charge >= 0.3 is 0 Å². The average molecular weight is 754 g/mol. The Hall–Kier alpha value is -3.44. The average Bonchev–Trinajstić information content (AvgIpc) is 3.99. The first kappa shape index (κ1) is 33.4. The Kier molecular flexibility index (Phi) is 9.29. The Labute approximate surface area is 305 Å². The van der Waals surface area contributed by atoms with E-state index in [-0.39, 0.29) is 5.28 Å². The minimum absolute atomic E-state index is 0.224. The van der Waals surface area contributed by atoms with Crippen molar-refractivity contribution in [3.63, 3.8) is 0 Å². The van der Waals surface area contributed by atoms with E-state index in [9.17, 15) is 8.42 Å². The van der Waals surface area contributed by atoms with Crippen LogP contribution in [-0.4, -0.2) is 109 Å². The summed E-state index contributed by atoms with van der Waals surface area (Å²) in [5.74, 6) is 3.41. The predicted molar refractivity (Wildman–Crippen MR) is 195 cm³/mol. The van der Waals surface area contributed by atoms with Crippen LogP contribution in [0.15, 0.2) is 38.5 Å². The van der Waals surface area contributed by atoms with Crippen molar-refractivity contribution in [2.45, 2.75) is 78.9 Å². The van der Waals surface area contributed by atoms with Gasteiger partial charge in [-0.05, 0) is 55.8 Å². The first-order valence-electron chi connectivity index (χ1n) is 17.8. The highest BCUT2D eigenvalue weighted by atomic mass is 35.5. The normalized spacial score (nSPS) is 25.9. The molecule has 17 heteroatoms. The molecule has 3 aromatic heterocycles. The third-order valence-corrected chi connectivity index (χ3v) is 13.6. The summed E-state index contributed by atoms with van der Waals surface area (Å²) in [4.78, 5) is 29.0. The second kappa shape index (κ2) is 14.2. The van der Waals surface area contributed by atoms with E-state index in [0.29, 0.717) is 53.9 Å². The molecule has 1 aromatic carbocycles. The van der Waals surface area contributed by atoms with E-state index in [1.54, 1.807) is 0 Å². The largest absolute Gasteiger partial charge is 0.423 e. The van der Waals surface area contributed by atoms with E-state index in [1.807, 2.05) is 24.3 Å². The predicted octanol–water partition coefficient (Wildman–Crippen LogP) is 3.72. The van der Waals surface area contributed by atoms with E-state index < -0.39 is 21.6 Å². The standard InChI is InChI=1S/C23H26N6O3S.C11H14ClN3O2S/c30-33-10-7-18-20(33)21(24-14-5-8-31-9-6-14)27-22(25-18)28-12-16-11-15(28)13-29(16)23-26-17-3-1-2-4-19(17)32-23;12-11-14-8-3-6-18(16)9(8)10(15-11)13-7-1-4-17-5-2-7/h1-4,14-16H,5-13H2,(H,24,25,27);7H,1-6H2,(H,13,14,15). The molecule has 0 radical (unpaired) electrons. The van der Waals surface area contributed by atoms with Crippen LogP contribution in [0.2, 0.25) is 5.28 Å². The van der Waals surface area contributed by atoms with Crippen LogP contribution in [0.5, 0.6) is 0 Å². The number of para-hydroxylation sites is 2. The summed E-state index contributed by atoms with van der Waals surface area (Å²) in [5, 5.41) is 7.15. The van der Waals surface area contributed by atoms with Crippen molar-refractivity contribution in [3.05, 3.63) is 40.9 Å². The molecule has 0 amide bonds. The van der Waals surface area contributed by atoms with Crippen molar-refractivity contribution in [2.75, 3.05) is 71.5 Å². The molecule has 4 atom stereocenters. The number of oxazole rings is 1. The molecule has 2 bridgehead atoms. The summed E-state index contributed by atoms with van der Waals surface area (Å²) >= 11 is 5.91. The van der Waals surface area contributed by atoms with Crippen LogP contribution in [0.3, 0.4) is 0 Å². The second-order valence-corrected chi connectivity index (χ2v) is 17.1. The summed E-state index contributed by atoms with van der Waals surface area (Å²) in [6.45, 7) is 4.68. The molecule has 0 saturated carbocycles. The number of nitrogens with one attached hydrogen (secondary N) is 2. The smallest absolute Gasteiger partial charge is 0.298 e. The Balaban J connectivity index is 0.000000164. The number of rotatable bonds is 6. The zero-order chi connectivity index (χ0) is 34.5. The zero-order valence-corrected chi connectivity index (χ0v) is 30.5. The van der Waals surface area contributed by atoms with Crippen LogP contribution in [0, 0.1) is 0 Å². The van der Waals surface area contributed by atoms with Gasteiger partial charge in [-0.3, -0.25) is 8.42 Å². The molecule has 4 aromatic rings. The first-order chi connectivity index (χ1) is 25.0. The topological polar surface area (TPSA) is 161 Å². The summed E-state index contributed by atoms with van der Waals surface area (Å²) in [6.07, 6.45) is 6.24. The molecule has 0 aliphatic carbocycles. The lowest BCUT2D eigenvalue weighted by atomic mass is 10.1. The highest BCUT2D eigenvalue weighted by molar-refractivity contribution is 7.85. The number of hydrogen-bond donors (Lipinski definition) is 2. The summed E-state index contributed by atoms with van der Waals surface area (Å²) in [5.41, 5.74) is 3.48. The van der Waals surface area contributed by atoms with Crippen molar-refractivity contribution < 1.29 is 22.3 Å². The van der Waals surface area contributed by atoms with Crippen molar-refractivity contribution in [2.24, 2.45) is 0 Å². The molecule has 270 valence electrons. The number of aryl methyl sites for hydroxylation is 2. The molecule has 51 heavy (non-hydrogen) atoms. The van der Waals surface area contributed by atoms with E-state index in [2.05, 4.69) is 30.4 Å². The van der Waals surface area contributed by atoms with Gasteiger partial charge in [0.2, 0.25) is 11.2 Å². The SMILES string of the molecule is O=S1CCc2nc(Cl)nc(NC3CCOCC3)c21.O=S1CCc2nc(N3CC4CC3CN4c3nc4ccccc4o3)nc(NC3CCOCC3)c21. The highest BCUT2D eigenvalue weighted by Crippen LogP contribution is 2.39. The molecule has 4 saturated heterocycles. The molecule has 6 aliphatic rings. The van der Waals surface area contributed by atoms with Gasteiger partial charge < -0.3 is 34.3 Å². The Morgan fingerprint density at radius 2 is 1.31 bits per heavy atom. The lowest BCUT2D eigenvalue weighted by Gasteiger charge is -2.34. The zero-order valence-electron chi connectivity index (χ0n) is 28.1. The number of aromatic nitrogens is 5. The van der Waals surface area contributed by atoms with Gasteiger partial charge in [-0.15, -0.1) is 0 Å². The van der Waals surface area contributed by atoms with Gasteiger partial charge in [-0.1, -0.05) is 12.1 Å². The molecule has 4 fully saturated rings. The van der Waals surface area contributed by atoms with Crippen molar-refractivity contribution >= 4 is 67.9 Å². The van der Waals surface area contributed by atoms with Crippen LogP contribution < -0.4 is 20.4 Å². The number of hydrogen-bond acceptors (Lipinski definition) is 14. The summed E-state index contributed by atoms with van der Waals surface area (Å²) < 4.78 is 41.5. The maximum atomic E-state index is 12.7. The number of halogens is 1. The maximum absolute atomic E-state index is 12.7. The van der Waals surface area contributed by atoms with Crippen LogP contribution >= 0.6 is 11.6 Å². The Morgan fingerprint density at radius 1 is 0.725 bits per heavy atom. The van der Waals surface area contributed by atoms with Crippen molar-refractivity contribution in [3.8, 4) is 0 Å². The fourth-order valence-electron chi connectivity index (χ4n) is 7.87. The fourth-order valence-corrected chi connectivity index (χ4v) is 10.7. The minimum Gasteiger partial charge on any atom is -0.423 e. The monoisotopic (exact) mass is 753 g/mol. The number of nitrogens with zero attached hydrogens (tertiary/aromatic N) is 7. The third kappa shape index (κ3) is 6.69. The molecule has 6 aliphatic heterocycles. The van der Waals surface area contributed by atoms with E-state index in [1.165, 1.54) is 0 Å². The molecule has 10 rings (SSSR count). The Morgan fingerprint density at radius 3 is 1.94 bits per heavy atom. The Bertz CT molecular complexity index is 1960. The van der Waals surface area contributed by atoms with Crippen LogP contribution in [0.4, 0.5) is 23.6 Å². The number of ether oxygens (including phenoxy) is 2. The number of benzene rings is 1. The van der Waals surface area contributed by atoms with Gasteiger partial charge in [-0.25, -0.2) is 9.97 Å². The van der Waals surface area contributed by atoms with Crippen LogP contribution in [-0.2, 0) is 43.9 Å². The maximum Gasteiger partial charge on any atom is 0.298 e. The van der Waals surface area contributed by atoms with E-state index in [4.69, 9.17) is 40.4 Å². The first-order valence-corrected chi connectivity index (χ1v) is 20.8. The van der Waals surface area contributed by atoms with Gasteiger partial charge in [0.25, 0.3) is 6.01 Å². The number of anilines is 4. The molecule has 9 heterocycles. The fraction of sp³-hybridized carbons (Fsp3) is 0.559. The van der Waals surface area contributed by atoms with Gasteiger partial charge in [0.05, 0.1) is 45.1 Å². The van der Waals surface area contributed by atoms with Crippen molar-refractivity contribution in [1.82, 2.24) is 24.9 Å². The van der Waals surface area contributed by atoms with Gasteiger partial charge in [0, 0.05) is 75.9 Å². The molecular weight excluding hydrogens is 714 g/mol. The second-order valence-electron chi connectivity index (χ2n) is 13.7. The summed E-state index contributed by atoms with van der Waals surface area (Å²) in [7, 11) is -2.03. The van der Waals surface area contributed by atoms with Gasteiger partial charge in [-0.2, -0.15) is 15.0 Å². The van der Waals surface area contributed by atoms with Crippen LogP contribution in [0.1, 0.15) is 43.5 Å². The number of fused-ring (bicyclic) bond motifs is 5. The van der Waals surface area contributed by atoms with E-state index >= 15 is 0 Å². The van der Waals surface area contributed by atoms with E-state index in [0.717, 1.165) is 122 Å². The number of piperazine rings is 1. The quantitative estimate of drug-likeness (QED) is 0.274. The lowest BCUT2D eigenvalue weighted by Crippen LogP contribution is -2.47. The summed E-state index contributed by atoms with van der Waals surface area (Å²) in [6, 6.07) is 9.84. The van der Waals surface area contributed by atoms with Crippen molar-refractivity contribution in [1.29, 1.82) is 0 Å². The molecule has 14 nitrogen and oxygen atoms in total. The molecule has 4 unspecified atom stereocenters. The molecular formula is C34H40ClN9O5S2. The molecule has 0 spiro atoms. The van der Waals surface area contributed by atoms with Gasteiger partial charge in [0.15, 0.2) is 5.58 Å². The van der Waals surface area contributed by atoms with Crippen LogP contribution in [0.25, 0.3) is 11.1 Å². The lowest BCUT2D eigenvalue weighted by molar-refractivity contribution is 0.0902. The molecule has 2 N–H and O–H groups in total. The highest BCUT2D eigenvalue weighted by Gasteiger charge is 2.46. The minimum atomic E-state index is -1.03. The third-order valence-electron chi connectivity index (χ3n) is 10.5. The van der Waals surface area contributed by atoms with Gasteiger partial charge in [0.1, 0.15) is 26.9 Å².